The Morgan fingerprint density at radius 3 is 2.17 bits per heavy atom. The molecule has 1 aliphatic rings. The topological polar surface area (TPSA) is 43.9 Å². The standard InChI is InChI=1S/C18H27N3O2/c1-15(22)8-9-19(3)14-17-4-6-18(7-5-17)21-12-10-20(11-13-21)16(2)23/h4-7H,8-14H2,1-3H3. The highest BCUT2D eigenvalue weighted by molar-refractivity contribution is 5.75. The molecule has 1 saturated heterocycles. The molecule has 0 atom stereocenters. The number of rotatable bonds is 6. The van der Waals surface area contributed by atoms with Crippen molar-refractivity contribution in [1.29, 1.82) is 0 Å². The maximum atomic E-state index is 11.4. The minimum Gasteiger partial charge on any atom is -0.368 e. The lowest BCUT2D eigenvalue weighted by atomic mass is 10.1. The number of amides is 1. The van der Waals surface area contributed by atoms with Crippen molar-refractivity contribution in [2.75, 3.05) is 44.7 Å². The summed E-state index contributed by atoms with van der Waals surface area (Å²) in [5.74, 6) is 0.394. The third kappa shape index (κ3) is 5.36. The minimum absolute atomic E-state index is 0.161. The molecule has 5 nitrogen and oxygen atoms in total. The molecule has 1 heterocycles. The molecule has 2 rings (SSSR count). The summed E-state index contributed by atoms with van der Waals surface area (Å²) in [6, 6.07) is 8.60. The third-order valence-corrected chi connectivity index (χ3v) is 4.32. The number of nitrogens with zero attached hydrogens (tertiary/aromatic N) is 3. The summed E-state index contributed by atoms with van der Waals surface area (Å²) < 4.78 is 0. The molecule has 0 bridgehead atoms. The number of carbonyl (C=O) groups excluding carboxylic acids is 2. The van der Waals surface area contributed by atoms with Crippen molar-refractivity contribution in [2.24, 2.45) is 0 Å². The van der Waals surface area contributed by atoms with Gasteiger partial charge in [-0.3, -0.25) is 9.59 Å². The summed E-state index contributed by atoms with van der Waals surface area (Å²) >= 11 is 0. The van der Waals surface area contributed by atoms with Gasteiger partial charge in [0, 0.05) is 58.3 Å². The summed E-state index contributed by atoms with van der Waals surface area (Å²) in [7, 11) is 2.04. The van der Waals surface area contributed by atoms with Crippen molar-refractivity contribution >= 4 is 17.4 Å². The average molecular weight is 317 g/mol. The first-order valence-electron chi connectivity index (χ1n) is 8.23. The van der Waals surface area contributed by atoms with Crippen molar-refractivity contribution in [2.45, 2.75) is 26.8 Å². The van der Waals surface area contributed by atoms with Gasteiger partial charge in [-0.2, -0.15) is 0 Å². The van der Waals surface area contributed by atoms with Crippen LogP contribution in [0.5, 0.6) is 0 Å². The van der Waals surface area contributed by atoms with Gasteiger partial charge >= 0.3 is 0 Å². The number of hydrogen-bond donors (Lipinski definition) is 0. The fourth-order valence-corrected chi connectivity index (χ4v) is 2.83. The van der Waals surface area contributed by atoms with Gasteiger partial charge in [0.25, 0.3) is 0 Å². The Kier molecular flexibility index (Phi) is 6.16. The van der Waals surface area contributed by atoms with Crippen LogP contribution in [0, 0.1) is 0 Å². The zero-order chi connectivity index (χ0) is 16.8. The highest BCUT2D eigenvalue weighted by Crippen LogP contribution is 2.18. The van der Waals surface area contributed by atoms with Gasteiger partial charge in [0.05, 0.1) is 0 Å². The van der Waals surface area contributed by atoms with E-state index in [2.05, 4.69) is 34.1 Å². The zero-order valence-corrected chi connectivity index (χ0v) is 14.4. The van der Waals surface area contributed by atoms with E-state index < -0.39 is 0 Å². The largest absolute Gasteiger partial charge is 0.368 e. The van der Waals surface area contributed by atoms with Gasteiger partial charge in [0.2, 0.25) is 5.91 Å². The van der Waals surface area contributed by atoms with Gasteiger partial charge in [-0.25, -0.2) is 0 Å². The number of ketones is 1. The van der Waals surface area contributed by atoms with E-state index in [-0.39, 0.29) is 11.7 Å². The second-order valence-corrected chi connectivity index (χ2v) is 6.35. The molecule has 1 fully saturated rings. The van der Waals surface area contributed by atoms with Crippen LogP contribution in [-0.2, 0) is 16.1 Å². The van der Waals surface area contributed by atoms with Gasteiger partial charge in [0.15, 0.2) is 0 Å². The molecular weight excluding hydrogens is 290 g/mol. The van der Waals surface area contributed by atoms with Gasteiger partial charge in [-0.15, -0.1) is 0 Å². The van der Waals surface area contributed by atoms with E-state index in [0.717, 1.165) is 39.3 Å². The fraction of sp³-hybridized carbons (Fsp3) is 0.556. The molecular formula is C18H27N3O2. The first-order chi connectivity index (χ1) is 11.0. The predicted octanol–water partition coefficient (Wildman–Crippen LogP) is 1.77. The maximum Gasteiger partial charge on any atom is 0.219 e. The predicted molar refractivity (Wildman–Crippen MR) is 92.5 cm³/mol. The highest BCUT2D eigenvalue weighted by atomic mass is 16.2. The molecule has 23 heavy (non-hydrogen) atoms. The Balaban J connectivity index is 1.85. The van der Waals surface area contributed by atoms with Crippen LogP contribution >= 0.6 is 0 Å². The summed E-state index contributed by atoms with van der Waals surface area (Å²) in [4.78, 5) is 28.8. The lowest BCUT2D eigenvalue weighted by Gasteiger charge is -2.35. The minimum atomic E-state index is 0.161. The van der Waals surface area contributed by atoms with Crippen molar-refractivity contribution in [1.82, 2.24) is 9.80 Å². The molecule has 1 amide bonds. The Morgan fingerprint density at radius 2 is 1.65 bits per heavy atom. The number of hydrogen-bond acceptors (Lipinski definition) is 4. The summed E-state index contributed by atoms with van der Waals surface area (Å²) in [6.07, 6.45) is 0.606. The van der Waals surface area contributed by atoms with Crippen LogP contribution in [0.3, 0.4) is 0 Å². The molecule has 5 heteroatoms. The zero-order valence-electron chi connectivity index (χ0n) is 14.4. The first-order valence-corrected chi connectivity index (χ1v) is 8.23. The van der Waals surface area contributed by atoms with E-state index in [4.69, 9.17) is 0 Å². The quantitative estimate of drug-likeness (QED) is 0.802. The van der Waals surface area contributed by atoms with E-state index >= 15 is 0 Å². The summed E-state index contributed by atoms with van der Waals surface area (Å²) in [5.41, 5.74) is 2.46. The highest BCUT2D eigenvalue weighted by Gasteiger charge is 2.18. The maximum absolute atomic E-state index is 11.4. The fourth-order valence-electron chi connectivity index (χ4n) is 2.83. The molecule has 0 saturated carbocycles. The van der Waals surface area contributed by atoms with Crippen LogP contribution in [0.15, 0.2) is 24.3 Å². The monoisotopic (exact) mass is 317 g/mol. The molecule has 0 aliphatic carbocycles. The Hall–Kier alpha value is -1.88. The van der Waals surface area contributed by atoms with Crippen LogP contribution in [0.4, 0.5) is 5.69 Å². The number of piperazine rings is 1. The van der Waals surface area contributed by atoms with Crippen LogP contribution in [0.25, 0.3) is 0 Å². The molecule has 0 radical (unpaired) electrons. The first kappa shape index (κ1) is 17.5. The van der Waals surface area contributed by atoms with Gasteiger partial charge < -0.3 is 14.7 Å². The lowest BCUT2D eigenvalue weighted by Crippen LogP contribution is -2.48. The molecule has 1 aromatic rings. The molecule has 0 aromatic heterocycles. The molecule has 0 spiro atoms. The van der Waals surface area contributed by atoms with E-state index in [0.29, 0.717) is 6.42 Å². The van der Waals surface area contributed by atoms with Crippen molar-refractivity contribution in [3.63, 3.8) is 0 Å². The van der Waals surface area contributed by atoms with Crippen LogP contribution in [0.1, 0.15) is 25.8 Å². The van der Waals surface area contributed by atoms with Gasteiger partial charge in [-0.1, -0.05) is 12.1 Å². The summed E-state index contributed by atoms with van der Waals surface area (Å²) in [5, 5.41) is 0. The van der Waals surface area contributed by atoms with E-state index in [1.807, 2.05) is 11.9 Å². The average Bonchev–Trinajstić information content (AvgIpc) is 2.54. The SMILES string of the molecule is CC(=O)CCN(C)Cc1ccc(N2CCN(C(C)=O)CC2)cc1. The normalized spacial score (nSPS) is 15.1. The molecule has 1 aliphatic heterocycles. The Bertz CT molecular complexity index is 534. The molecule has 126 valence electrons. The third-order valence-electron chi connectivity index (χ3n) is 4.32. The van der Waals surface area contributed by atoms with E-state index in [9.17, 15) is 9.59 Å². The molecule has 0 unspecified atom stereocenters. The van der Waals surface area contributed by atoms with Crippen LogP contribution in [0.2, 0.25) is 0 Å². The number of anilines is 1. The second kappa shape index (κ2) is 8.11. The van der Waals surface area contributed by atoms with Gasteiger partial charge in [-0.05, 0) is 31.7 Å². The molecule has 0 N–H and O–H groups in total. The number of benzene rings is 1. The Labute approximate surface area is 138 Å². The van der Waals surface area contributed by atoms with E-state index in [1.165, 1.54) is 11.3 Å². The van der Waals surface area contributed by atoms with Crippen molar-refractivity contribution in [3.8, 4) is 0 Å². The second-order valence-electron chi connectivity index (χ2n) is 6.35. The van der Waals surface area contributed by atoms with Gasteiger partial charge in [0.1, 0.15) is 5.78 Å². The van der Waals surface area contributed by atoms with Crippen LogP contribution in [-0.4, -0.2) is 61.3 Å². The number of carbonyl (C=O) groups is 2. The van der Waals surface area contributed by atoms with Crippen molar-refractivity contribution < 1.29 is 9.59 Å². The Morgan fingerprint density at radius 1 is 1.04 bits per heavy atom. The van der Waals surface area contributed by atoms with E-state index in [1.54, 1.807) is 13.8 Å². The van der Waals surface area contributed by atoms with Crippen LogP contribution < -0.4 is 4.90 Å². The smallest absolute Gasteiger partial charge is 0.219 e. The lowest BCUT2D eigenvalue weighted by molar-refractivity contribution is -0.129. The molecule has 1 aromatic carbocycles. The summed E-state index contributed by atoms with van der Waals surface area (Å²) in [6.45, 7) is 8.28. The van der Waals surface area contributed by atoms with Crippen molar-refractivity contribution in [3.05, 3.63) is 29.8 Å². The number of Topliss-reactive ketones (excluding diaryl/α,β-unsaturated/α-hetero) is 1.